The summed E-state index contributed by atoms with van der Waals surface area (Å²) >= 11 is 12.3. The van der Waals surface area contributed by atoms with Crippen molar-refractivity contribution in [2.75, 3.05) is 19.5 Å². The molecule has 2 rings (SSSR count). The van der Waals surface area contributed by atoms with Gasteiger partial charge in [-0.15, -0.1) is 0 Å². The zero-order valence-corrected chi connectivity index (χ0v) is 11.3. The molecule has 0 saturated carbocycles. The number of rotatable bonds is 4. The highest BCUT2D eigenvalue weighted by molar-refractivity contribution is 6.39. The van der Waals surface area contributed by atoms with E-state index in [0.717, 1.165) is 0 Å². The van der Waals surface area contributed by atoms with Crippen molar-refractivity contribution in [1.29, 1.82) is 0 Å². The van der Waals surface area contributed by atoms with E-state index in [0.29, 0.717) is 39.9 Å². The van der Waals surface area contributed by atoms with Gasteiger partial charge in [-0.25, -0.2) is 0 Å². The number of methoxy groups -OCH3 is 1. The first kappa shape index (κ1) is 13.2. The third-order valence-electron chi connectivity index (χ3n) is 2.54. The summed E-state index contributed by atoms with van der Waals surface area (Å²) in [5.74, 6) is 0.205. The molecule has 0 fully saturated rings. The first-order valence-corrected chi connectivity index (χ1v) is 6.08. The van der Waals surface area contributed by atoms with Gasteiger partial charge in [-0.2, -0.15) is 0 Å². The van der Waals surface area contributed by atoms with Gasteiger partial charge < -0.3 is 15.0 Å². The van der Waals surface area contributed by atoms with Crippen LogP contribution >= 0.6 is 23.2 Å². The van der Waals surface area contributed by atoms with Crippen LogP contribution in [0.1, 0.15) is 5.69 Å². The van der Waals surface area contributed by atoms with Crippen LogP contribution in [-0.2, 0) is 11.2 Å². The number of hydrogen-bond acceptors (Lipinski definition) is 4. The lowest BCUT2D eigenvalue weighted by molar-refractivity contribution is 0.200. The predicted molar refractivity (Wildman–Crippen MR) is 72.0 cm³/mol. The largest absolute Gasteiger partial charge is 0.384 e. The Hall–Kier alpha value is -1.23. The third kappa shape index (κ3) is 2.46. The number of ether oxygens (including phenoxy) is 1. The summed E-state index contributed by atoms with van der Waals surface area (Å²) in [6.45, 7) is 0.515. The summed E-state index contributed by atoms with van der Waals surface area (Å²) in [5.41, 5.74) is 7.77. The van der Waals surface area contributed by atoms with Gasteiger partial charge >= 0.3 is 0 Å². The fourth-order valence-electron chi connectivity index (χ4n) is 1.71. The molecule has 0 amide bonds. The molecule has 0 aliphatic rings. The molecule has 2 aromatic rings. The Bertz CT molecular complexity index is 535. The van der Waals surface area contributed by atoms with Crippen molar-refractivity contribution in [2.45, 2.75) is 6.42 Å². The molecule has 0 spiro atoms. The molecule has 0 aliphatic carbocycles. The van der Waals surface area contributed by atoms with Gasteiger partial charge in [-0.3, -0.25) is 0 Å². The molecule has 0 bridgehead atoms. The number of nitrogen functional groups attached to an aromatic ring is 1. The second-order valence-electron chi connectivity index (χ2n) is 3.71. The lowest BCUT2D eigenvalue weighted by Crippen LogP contribution is -1.98. The van der Waals surface area contributed by atoms with Crippen LogP contribution < -0.4 is 5.73 Å². The smallest absolute Gasteiger partial charge is 0.230 e. The fourth-order valence-corrected chi connectivity index (χ4v) is 2.30. The van der Waals surface area contributed by atoms with Crippen molar-refractivity contribution in [3.8, 4) is 11.1 Å². The summed E-state index contributed by atoms with van der Waals surface area (Å²) in [6, 6.07) is 5.26. The molecular weight excluding hydrogens is 275 g/mol. The molecule has 0 radical (unpaired) electrons. The van der Waals surface area contributed by atoms with Crippen molar-refractivity contribution >= 4 is 29.1 Å². The standard InChI is InChI=1S/C12H12Cl2N2O2/c1-17-6-5-9-11(12(15)18-16-9)10-7(13)3-2-4-8(10)14/h2-4H,5-6,15H2,1H3. The average Bonchev–Trinajstić information content (AvgIpc) is 2.69. The molecule has 0 atom stereocenters. The van der Waals surface area contributed by atoms with Gasteiger partial charge in [0.05, 0.1) is 27.9 Å². The minimum Gasteiger partial charge on any atom is -0.384 e. The Morgan fingerprint density at radius 1 is 1.28 bits per heavy atom. The van der Waals surface area contributed by atoms with Crippen molar-refractivity contribution in [3.63, 3.8) is 0 Å². The molecule has 0 saturated heterocycles. The van der Waals surface area contributed by atoms with Crippen LogP contribution in [0, 0.1) is 0 Å². The number of halogens is 2. The molecule has 2 N–H and O–H groups in total. The maximum atomic E-state index is 6.16. The average molecular weight is 287 g/mol. The van der Waals surface area contributed by atoms with E-state index in [1.165, 1.54) is 0 Å². The molecule has 1 aromatic heterocycles. The maximum Gasteiger partial charge on any atom is 0.230 e. The number of hydrogen-bond donors (Lipinski definition) is 1. The van der Waals surface area contributed by atoms with Crippen LogP contribution in [0.15, 0.2) is 22.7 Å². The SMILES string of the molecule is COCCc1noc(N)c1-c1c(Cl)cccc1Cl. The van der Waals surface area contributed by atoms with Crippen LogP contribution in [0.4, 0.5) is 5.88 Å². The van der Waals surface area contributed by atoms with Gasteiger partial charge in [-0.05, 0) is 12.1 Å². The highest BCUT2D eigenvalue weighted by Crippen LogP contribution is 2.39. The minimum absolute atomic E-state index is 0.205. The quantitative estimate of drug-likeness (QED) is 0.936. The van der Waals surface area contributed by atoms with E-state index in [1.807, 2.05) is 0 Å². The lowest BCUT2D eigenvalue weighted by Gasteiger charge is -2.07. The van der Waals surface area contributed by atoms with Crippen molar-refractivity contribution in [2.24, 2.45) is 0 Å². The Labute approximate surface area is 115 Å². The van der Waals surface area contributed by atoms with Crippen molar-refractivity contribution < 1.29 is 9.26 Å². The normalized spacial score (nSPS) is 10.8. The molecule has 0 aliphatic heterocycles. The number of nitrogens with two attached hydrogens (primary N) is 1. The highest BCUT2D eigenvalue weighted by Gasteiger charge is 2.20. The molecule has 96 valence electrons. The van der Waals surface area contributed by atoms with Crippen molar-refractivity contribution in [1.82, 2.24) is 5.16 Å². The van der Waals surface area contributed by atoms with Gasteiger partial charge in [0.25, 0.3) is 0 Å². The minimum atomic E-state index is 0.205. The van der Waals surface area contributed by atoms with Gasteiger partial charge in [-0.1, -0.05) is 34.4 Å². The molecule has 1 heterocycles. The van der Waals surface area contributed by atoms with E-state index in [9.17, 15) is 0 Å². The van der Waals surface area contributed by atoms with Gasteiger partial charge in [0.1, 0.15) is 0 Å². The topological polar surface area (TPSA) is 61.3 Å². The maximum absolute atomic E-state index is 6.16. The molecule has 1 aromatic carbocycles. The van der Waals surface area contributed by atoms with Gasteiger partial charge in [0.15, 0.2) is 0 Å². The van der Waals surface area contributed by atoms with E-state index in [4.69, 9.17) is 38.2 Å². The lowest BCUT2D eigenvalue weighted by atomic mass is 10.0. The van der Waals surface area contributed by atoms with E-state index in [2.05, 4.69) is 5.16 Å². The van der Waals surface area contributed by atoms with Crippen molar-refractivity contribution in [3.05, 3.63) is 33.9 Å². The molecular formula is C12H12Cl2N2O2. The Morgan fingerprint density at radius 3 is 2.56 bits per heavy atom. The number of benzene rings is 1. The van der Waals surface area contributed by atoms with E-state index >= 15 is 0 Å². The highest BCUT2D eigenvalue weighted by atomic mass is 35.5. The number of nitrogens with zero attached hydrogens (tertiary/aromatic N) is 1. The summed E-state index contributed by atoms with van der Waals surface area (Å²) in [6.07, 6.45) is 0.577. The van der Waals surface area contributed by atoms with E-state index < -0.39 is 0 Å². The van der Waals surface area contributed by atoms with Crippen LogP contribution in [0.2, 0.25) is 10.0 Å². The second kappa shape index (κ2) is 5.61. The predicted octanol–water partition coefficient (Wildman–Crippen LogP) is 3.42. The third-order valence-corrected chi connectivity index (χ3v) is 3.17. The zero-order valence-electron chi connectivity index (χ0n) is 9.74. The summed E-state index contributed by atoms with van der Waals surface area (Å²) < 4.78 is 10.0. The number of aromatic nitrogens is 1. The summed E-state index contributed by atoms with van der Waals surface area (Å²) in [5, 5.41) is 4.94. The first-order valence-electron chi connectivity index (χ1n) is 5.32. The molecule has 0 unspecified atom stereocenters. The van der Waals surface area contributed by atoms with E-state index in [-0.39, 0.29) is 5.88 Å². The Kier molecular flexibility index (Phi) is 4.11. The van der Waals surface area contributed by atoms with Crippen LogP contribution in [0.25, 0.3) is 11.1 Å². The van der Waals surface area contributed by atoms with E-state index in [1.54, 1.807) is 25.3 Å². The monoisotopic (exact) mass is 286 g/mol. The van der Waals surface area contributed by atoms with Crippen LogP contribution in [0.5, 0.6) is 0 Å². The van der Waals surface area contributed by atoms with Crippen LogP contribution in [-0.4, -0.2) is 18.9 Å². The summed E-state index contributed by atoms with van der Waals surface area (Å²) in [7, 11) is 1.62. The number of anilines is 1. The van der Waals surface area contributed by atoms with Gasteiger partial charge in [0.2, 0.25) is 5.88 Å². The van der Waals surface area contributed by atoms with Gasteiger partial charge in [0, 0.05) is 19.1 Å². The molecule has 4 nitrogen and oxygen atoms in total. The first-order chi connectivity index (χ1) is 8.65. The Balaban J connectivity index is 2.52. The summed E-state index contributed by atoms with van der Waals surface area (Å²) in [4.78, 5) is 0. The molecule has 6 heteroatoms. The van der Waals surface area contributed by atoms with Crippen LogP contribution in [0.3, 0.4) is 0 Å². The Morgan fingerprint density at radius 2 is 1.94 bits per heavy atom. The second-order valence-corrected chi connectivity index (χ2v) is 4.52. The fraction of sp³-hybridized carbons (Fsp3) is 0.250. The zero-order chi connectivity index (χ0) is 13.1. The molecule has 18 heavy (non-hydrogen) atoms.